The molecule has 5 rings (SSSR count). The molecule has 2 aromatic heterocycles. The third-order valence-electron chi connectivity index (χ3n) is 6.30. The lowest BCUT2D eigenvalue weighted by Gasteiger charge is -2.29. The van der Waals surface area contributed by atoms with Crippen molar-refractivity contribution in [2.45, 2.75) is 12.1 Å². The Labute approximate surface area is 234 Å². The topological polar surface area (TPSA) is 115 Å². The molecule has 0 unspecified atom stereocenters. The van der Waals surface area contributed by atoms with E-state index in [4.69, 9.17) is 28.6 Å². The van der Waals surface area contributed by atoms with Gasteiger partial charge in [-0.2, -0.15) is 0 Å². The smallest absolute Gasteiger partial charge is 0.269 e. The van der Waals surface area contributed by atoms with E-state index in [0.29, 0.717) is 21.5 Å². The molecule has 1 aliphatic rings. The second-order valence-corrected chi connectivity index (χ2v) is 9.51. The summed E-state index contributed by atoms with van der Waals surface area (Å²) >= 11 is 12.4. The van der Waals surface area contributed by atoms with Gasteiger partial charge in [0.15, 0.2) is 5.11 Å². The van der Waals surface area contributed by atoms with Gasteiger partial charge < -0.3 is 24.8 Å². The van der Waals surface area contributed by atoms with Crippen molar-refractivity contribution in [1.82, 2.24) is 14.9 Å². The van der Waals surface area contributed by atoms with Gasteiger partial charge in [0.1, 0.15) is 12.6 Å². The van der Waals surface area contributed by atoms with Gasteiger partial charge in [-0.05, 0) is 66.8 Å². The number of amides is 1. The summed E-state index contributed by atoms with van der Waals surface area (Å²) in [6.45, 7) is -0.0916. The molecular formula is C27H23ClN6O4S. The van der Waals surface area contributed by atoms with E-state index in [2.05, 4.69) is 15.6 Å². The molecule has 1 saturated heterocycles. The lowest BCUT2D eigenvalue weighted by Crippen LogP contribution is -2.30. The monoisotopic (exact) mass is 562 g/mol. The molecule has 3 heterocycles. The van der Waals surface area contributed by atoms with Crippen LogP contribution >= 0.6 is 23.8 Å². The van der Waals surface area contributed by atoms with Gasteiger partial charge in [-0.25, -0.2) is 0 Å². The lowest BCUT2D eigenvalue weighted by atomic mass is 10.0. The molecule has 0 aliphatic carbocycles. The molecule has 4 aromatic rings. The Kier molecular flexibility index (Phi) is 7.55. The van der Waals surface area contributed by atoms with Crippen LogP contribution in [-0.2, 0) is 9.53 Å². The number of nitro groups is 1. The number of benzene rings is 2. The normalized spacial score (nSPS) is 16.7. The molecule has 198 valence electrons. The number of nitrogens with zero attached hydrogens (tertiary/aromatic N) is 4. The van der Waals surface area contributed by atoms with Gasteiger partial charge in [-0.15, -0.1) is 0 Å². The Balaban J connectivity index is 1.58. The van der Waals surface area contributed by atoms with Crippen molar-refractivity contribution in [2.24, 2.45) is 0 Å². The molecular weight excluding hydrogens is 540 g/mol. The van der Waals surface area contributed by atoms with E-state index in [-0.39, 0.29) is 30.3 Å². The number of carbonyl (C=O) groups excluding carboxylic acids is 1. The van der Waals surface area contributed by atoms with Crippen molar-refractivity contribution < 1.29 is 14.5 Å². The summed E-state index contributed by atoms with van der Waals surface area (Å²) < 4.78 is 6.85. The number of rotatable bonds is 8. The average Bonchev–Trinajstić information content (AvgIpc) is 3.55. The summed E-state index contributed by atoms with van der Waals surface area (Å²) in [5.74, 6) is -0.320. The van der Waals surface area contributed by atoms with Gasteiger partial charge in [0.2, 0.25) is 5.91 Å². The van der Waals surface area contributed by atoms with Crippen molar-refractivity contribution in [2.75, 3.05) is 23.9 Å². The Hall–Kier alpha value is -4.32. The van der Waals surface area contributed by atoms with Gasteiger partial charge in [0.05, 0.1) is 27.4 Å². The molecule has 1 fully saturated rings. The minimum Gasteiger partial charge on any atom is -0.375 e. The first-order valence-electron chi connectivity index (χ1n) is 11.9. The largest absolute Gasteiger partial charge is 0.375 e. The van der Waals surface area contributed by atoms with Gasteiger partial charge in [0, 0.05) is 48.7 Å². The number of carbonyl (C=O) groups is 1. The maximum atomic E-state index is 12.0. The third-order valence-corrected chi connectivity index (χ3v) is 6.93. The van der Waals surface area contributed by atoms with Crippen LogP contribution in [0.2, 0.25) is 5.02 Å². The minimum absolute atomic E-state index is 0.0106. The van der Waals surface area contributed by atoms with Crippen LogP contribution in [0, 0.1) is 10.1 Å². The van der Waals surface area contributed by atoms with E-state index in [1.165, 1.54) is 19.2 Å². The van der Waals surface area contributed by atoms with E-state index >= 15 is 0 Å². The number of hydrogen-bond donors (Lipinski definition) is 2. The number of methoxy groups -OCH3 is 1. The van der Waals surface area contributed by atoms with Crippen LogP contribution in [0.1, 0.15) is 23.5 Å². The Bertz CT molecular complexity index is 1530. The van der Waals surface area contributed by atoms with E-state index < -0.39 is 4.92 Å². The van der Waals surface area contributed by atoms with Gasteiger partial charge >= 0.3 is 0 Å². The zero-order chi connectivity index (χ0) is 27.5. The highest BCUT2D eigenvalue weighted by atomic mass is 35.5. The molecule has 39 heavy (non-hydrogen) atoms. The first-order chi connectivity index (χ1) is 18.9. The summed E-state index contributed by atoms with van der Waals surface area (Å²) in [4.78, 5) is 29.3. The average molecular weight is 563 g/mol. The van der Waals surface area contributed by atoms with E-state index in [1.807, 2.05) is 52.1 Å². The van der Waals surface area contributed by atoms with Crippen LogP contribution in [0.25, 0.3) is 5.69 Å². The molecule has 2 atom stereocenters. The number of ether oxygens (including phenoxy) is 1. The molecule has 12 heteroatoms. The standard InChI is InChI=1S/C27H23ClN6O4S/c1-38-16-24(35)30-21-12-11-19(15-20(21)28)33-26(25(31-27(33)39)22-5-2-3-13-29-22)23-6-4-14-32(23)17-7-9-18(10-8-17)34(36)37/h2-15,25-26H,16H2,1H3,(H,30,35)(H,31,39)/t25-,26+/m1/s1. The summed E-state index contributed by atoms with van der Waals surface area (Å²) in [6, 6.07) is 20.5. The van der Waals surface area contributed by atoms with Crippen LogP contribution < -0.4 is 15.5 Å². The number of nitro benzene ring substituents is 1. The molecule has 2 N–H and O–H groups in total. The highest BCUT2D eigenvalue weighted by Gasteiger charge is 2.42. The highest BCUT2D eigenvalue weighted by Crippen LogP contribution is 2.43. The number of pyridine rings is 1. The number of halogens is 1. The molecule has 0 bridgehead atoms. The maximum absolute atomic E-state index is 12.0. The number of hydrogen-bond acceptors (Lipinski definition) is 6. The fourth-order valence-corrected chi connectivity index (χ4v) is 5.18. The summed E-state index contributed by atoms with van der Waals surface area (Å²) in [6.07, 6.45) is 3.62. The van der Waals surface area contributed by atoms with Crippen molar-refractivity contribution in [1.29, 1.82) is 0 Å². The van der Waals surface area contributed by atoms with Crippen LogP contribution in [0.5, 0.6) is 0 Å². The zero-order valence-electron chi connectivity index (χ0n) is 20.7. The first kappa shape index (κ1) is 26.3. The second kappa shape index (κ2) is 11.2. The Morgan fingerprint density at radius 2 is 1.92 bits per heavy atom. The molecule has 0 spiro atoms. The lowest BCUT2D eigenvalue weighted by molar-refractivity contribution is -0.384. The van der Waals surface area contributed by atoms with Gasteiger partial charge in [0.25, 0.3) is 5.69 Å². The number of thiocarbonyl (C=S) groups is 1. The minimum atomic E-state index is -0.427. The number of nitrogens with one attached hydrogen (secondary N) is 2. The van der Waals surface area contributed by atoms with Crippen molar-refractivity contribution in [3.05, 3.63) is 112 Å². The molecule has 0 radical (unpaired) electrons. The number of non-ortho nitro benzene ring substituents is 1. The van der Waals surface area contributed by atoms with Crippen molar-refractivity contribution >= 4 is 51.9 Å². The first-order valence-corrected chi connectivity index (χ1v) is 12.7. The third kappa shape index (κ3) is 5.32. The van der Waals surface area contributed by atoms with E-state index in [9.17, 15) is 14.9 Å². The Morgan fingerprint density at radius 1 is 1.15 bits per heavy atom. The van der Waals surface area contributed by atoms with Crippen molar-refractivity contribution in [3.8, 4) is 5.69 Å². The maximum Gasteiger partial charge on any atom is 0.269 e. The van der Waals surface area contributed by atoms with Gasteiger partial charge in [-0.3, -0.25) is 19.9 Å². The number of aromatic nitrogens is 2. The molecule has 1 amide bonds. The predicted molar refractivity (Wildman–Crippen MR) is 152 cm³/mol. The van der Waals surface area contributed by atoms with Gasteiger partial charge in [-0.1, -0.05) is 17.7 Å². The summed E-state index contributed by atoms with van der Waals surface area (Å²) in [5.41, 5.74) is 3.59. The SMILES string of the molecule is COCC(=O)Nc1ccc(N2C(=S)N[C@H](c3ccccn3)[C@@H]2c2cccn2-c2ccc([N+](=O)[O-])cc2)cc1Cl. The van der Waals surface area contributed by atoms with Crippen LogP contribution in [0.3, 0.4) is 0 Å². The summed E-state index contributed by atoms with van der Waals surface area (Å²) in [7, 11) is 1.44. The molecule has 10 nitrogen and oxygen atoms in total. The van der Waals surface area contributed by atoms with E-state index in [1.54, 1.807) is 30.5 Å². The second-order valence-electron chi connectivity index (χ2n) is 8.72. The van der Waals surface area contributed by atoms with Crippen LogP contribution in [0.4, 0.5) is 17.1 Å². The fraction of sp³-hybridized carbons (Fsp3) is 0.148. The van der Waals surface area contributed by atoms with Crippen LogP contribution in [0.15, 0.2) is 85.2 Å². The molecule has 1 aliphatic heterocycles. The Morgan fingerprint density at radius 3 is 2.59 bits per heavy atom. The molecule has 2 aromatic carbocycles. The predicted octanol–water partition coefficient (Wildman–Crippen LogP) is 5.20. The van der Waals surface area contributed by atoms with Crippen molar-refractivity contribution in [3.63, 3.8) is 0 Å². The summed E-state index contributed by atoms with van der Waals surface area (Å²) in [5, 5.41) is 18.1. The quantitative estimate of drug-likeness (QED) is 0.171. The van der Waals surface area contributed by atoms with Crippen LogP contribution in [-0.4, -0.2) is 39.2 Å². The zero-order valence-corrected chi connectivity index (χ0v) is 22.2. The van der Waals surface area contributed by atoms with E-state index in [0.717, 1.165) is 17.1 Å². The number of anilines is 2. The fourth-order valence-electron chi connectivity index (χ4n) is 4.61. The molecule has 0 saturated carbocycles. The highest BCUT2D eigenvalue weighted by molar-refractivity contribution is 7.80.